The largest absolute Gasteiger partial charge is 0.341 e. The van der Waals surface area contributed by atoms with Crippen LogP contribution in [0.1, 0.15) is 5.56 Å². The Balaban J connectivity index is 2.24. The van der Waals surface area contributed by atoms with E-state index in [1.165, 1.54) is 0 Å². The Bertz CT molecular complexity index is 281. The summed E-state index contributed by atoms with van der Waals surface area (Å²) in [5, 5.41) is 9.21. The summed E-state index contributed by atoms with van der Waals surface area (Å²) in [5.74, 6) is 0. The number of amides is 2. The van der Waals surface area contributed by atoms with Crippen molar-refractivity contribution >= 4 is 6.03 Å². The van der Waals surface area contributed by atoms with E-state index in [0.717, 1.165) is 12.0 Å². The lowest BCUT2D eigenvalue weighted by Crippen LogP contribution is -2.33. The van der Waals surface area contributed by atoms with Gasteiger partial charge in [-0.1, -0.05) is 0 Å². The van der Waals surface area contributed by atoms with Crippen molar-refractivity contribution in [2.45, 2.75) is 6.42 Å². The van der Waals surface area contributed by atoms with Crippen molar-refractivity contribution in [2.75, 3.05) is 13.6 Å². The van der Waals surface area contributed by atoms with Gasteiger partial charge in [-0.25, -0.2) is 4.79 Å². The lowest BCUT2D eigenvalue weighted by Gasteiger charge is -2.01. The predicted octanol–water partition coefficient (Wildman–Crippen LogP) is -0.108. The summed E-state index contributed by atoms with van der Waals surface area (Å²) < 4.78 is 1.75. The second kappa shape index (κ2) is 4.49. The van der Waals surface area contributed by atoms with E-state index in [9.17, 15) is 4.79 Å². The van der Waals surface area contributed by atoms with Gasteiger partial charge in [0, 0.05) is 26.8 Å². The van der Waals surface area contributed by atoms with Gasteiger partial charge in [-0.15, -0.1) is 0 Å². The molecule has 72 valence electrons. The summed E-state index contributed by atoms with van der Waals surface area (Å²) in [5.41, 5.74) is 1.12. The molecule has 1 rings (SSSR count). The van der Waals surface area contributed by atoms with Crippen LogP contribution >= 0.6 is 0 Å². The van der Waals surface area contributed by atoms with Gasteiger partial charge in [0.1, 0.15) is 0 Å². The van der Waals surface area contributed by atoms with E-state index in [0.29, 0.717) is 6.54 Å². The van der Waals surface area contributed by atoms with Crippen LogP contribution < -0.4 is 10.6 Å². The minimum Gasteiger partial charge on any atom is -0.341 e. The highest BCUT2D eigenvalue weighted by Crippen LogP contribution is 1.95. The van der Waals surface area contributed by atoms with Gasteiger partial charge in [-0.05, 0) is 12.0 Å². The smallest absolute Gasteiger partial charge is 0.314 e. The normalized spacial score (nSPS) is 9.69. The van der Waals surface area contributed by atoms with Gasteiger partial charge >= 0.3 is 6.03 Å². The second-order valence-electron chi connectivity index (χ2n) is 2.78. The van der Waals surface area contributed by atoms with E-state index < -0.39 is 0 Å². The average Bonchev–Trinajstić information content (AvgIpc) is 2.51. The van der Waals surface area contributed by atoms with Gasteiger partial charge < -0.3 is 10.6 Å². The summed E-state index contributed by atoms with van der Waals surface area (Å²) in [6, 6.07) is -0.149. The molecule has 0 saturated carbocycles. The molecule has 0 aromatic carbocycles. The summed E-state index contributed by atoms with van der Waals surface area (Å²) in [6.45, 7) is 0.630. The number of rotatable bonds is 3. The quantitative estimate of drug-likeness (QED) is 0.685. The van der Waals surface area contributed by atoms with E-state index in [1.807, 2.05) is 13.2 Å². The van der Waals surface area contributed by atoms with E-state index in [2.05, 4.69) is 15.7 Å². The van der Waals surface area contributed by atoms with Crippen LogP contribution in [0.15, 0.2) is 12.4 Å². The molecular weight excluding hydrogens is 168 g/mol. The SMILES string of the molecule is CNC(=O)NCCc1cnn(C)c1. The fourth-order valence-corrected chi connectivity index (χ4v) is 1.01. The first-order valence-electron chi connectivity index (χ1n) is 4.15. The average molecular weight is 182 g/mol. The molecule has 0 radical (unpaired) electrons. The third-order valence-electron chi connectivity index (χ3n) is 1.68. The highest BCUT2D eigenvalue weighted by atomic mass is 16.2. The maximum Gasteiger partial charge on any atom is 0.314 e. The highest BCUT2D eigenvalue weighted by molar-refractivity contribution is 5.73. The fraction of sp³-hybridized carbons (Fsp3) is 0.500. The van der Waals surface area contributed by atoms with Crippen LogP contribution in [0, 0.1) is 0 Å². The molecule has 1 aromatic rings. The molecule has 0 aliphatic heterocycles. The number of nitrogens with zero attached hydrogens (tertiary/aromatic N) is 2. The molecule has 2 amide bonds. The van der Waals surface area contributed by atoms with Gasteiger partial charge in [-0.2, -0.15) is 5.10 Å². The van der Waals surface area contributed by atoms with Gasteiger partial charge in [0.15, 0.2) is 0 Å². The van der Waals surface area contributed by atoms with Crippen molar-refractivity contribution in [3.8, 4) is 0 Å². The number of carbonyl (C=O) groups is 1. The summed E-state index contributed by atoms with van der Waals surface area (Å²) in [6.07, 6.45) is 4.54. The van der Waals surface area contributed by atoms with E-state index in [4.69, 9.17) is 0 Å². The number of aryl methyl sites for hydroxylation is 1. The molecule has 1 heterocycles. The molecular formula is C8H14N4O. The Labute approximate surface area is 77.1 Å². The molecule has 1 aromatic heterocycles. The Kier molecular flexibility index (Phi) is 3.31. The van der Waals surface area contributed by atoms with Crippen molar-refractivity contribution < 1.29 is 4.79 Å². The molecule has 0 fully saturated rings. The Morgan fingerprint density at radius 2 is 2.46 bits per heavy atom. The third-order valence-corrected chi connectivity index (χ3v) is 1.68. The lowest BCUT2D eigenvalue weighted by molar-refractivity contribution is 0.243. The first-order valence-corrected chi connectivity index (χ1v) is 4.15. The van der Waals surface area contributed by atoms with Crippen LogP contribution in [0.4, 0.5) is 4.79 Å². The van der Waals surface area contributed by atoms with E-state index in [-0.39, 0.29) is 6.03 Å². The number of nitrogens with one attached hydrogen (secondary N) is 2. The van der Waals surface area contributed by atoms with Crippen molar-refractivity contribution in [1.82, 2.24) is 20.4 Å². The molecule has 0 bridgehead atoms. The van der Waals surface area contributed by atoms with Crippen LogP contribution in [0.25, 0.3) is 0 Å². The Morgan fingerprint density at radius 3 is 3.00 bits per heavy atom. The van der Waals surface area contributed by atoms with Gasteiger partial charge in [-0.3, -0.25) is 4.68 Å². The first-order chi connectivity index (χ1) is 6.22. The molecule has 5 nitrogen and oxygen atoms in total. The van der Waals surface area contributed by atoms with E-state index in [1.54, 1.807) is 17.9 Å². The van der Waals surface area contributed by atoms with Crippen molar-refractivity contribution in [2.24, 2.45) is 7.05 Å². The lowest BCUT2D eigenvalue weighted by atomic mass is 10.2. The zero-order valence-corrected chi connectivity index (χ0v) is 7.87. The molecule has 5 heteroatoms. The number of carbonyl (C=O) groups excluding carboxylic acids is 1. The number of aromatic nitrogens is 2. The molecule has 0 saturated heterocycles. The zero-order chi connectivity index (χ0) is 9.68. The highest BCUT2D eigenvalue weighted by Gasteiger charge is 1.97. The third kappa shape index (κ3) is 3.14. The van der Waals surface area contributed by atoms with Crippen LogP contribution in [0.3, 0.4) is 0 Å². The van der Waals surface area contributed by atoms with Gasteiger partial charge in [0.05, 0.1) is 6.20 Å². The van der Waals surface area contributed by atoms with Crippen molar-refractivity contribution in [1.29, 1.82) is 0 Å². The van der Waals surface area contributed by atoms with Gasteiger partial charge in [0.25, 0.3) is 0 Å². The Morgan fingerprint density at radius 1 is 1.69 bits per heavy atom. The monoisotopic (exact) mass is 182 g/mol. The summed E-state index contributed by atoms with van der Waals surface area (Å²) in [4.78, 5) is 10.8. The molecule has 0 aliphatic carbocycles. The molecule has 13 heavy (non-hydrogen) atoms. The first kappa shape index (κ1) is 9.57. The topological polar surface area (TPSA) is 59.0 Å². The minimum absolute atomic E-state index is 0.149. The molecule has 0 atom stereocenters. The second-order valence-corrected chi connectivity index (χ2v) is 2.78. The maximum atomic E-state index is 10.8. The van der Waals surface area contributed by atoms with Crippen molar-refractivity contribution in [3.63, 3.8) is 0 Å². The Hall–Kier alpha value is -1.52. The number of urea groups is 1. The summed E-state index contributed by atoms with van der Waals surface area (Å²) in [7, 11) is 3.47. The maximum absolute atomic E-state index is 10.8. The molecule has 0 unspecified atom stereocenters. The fourth-order valence-electron chi connectivity index (χ4n) is 1.01. The standard InChI is InChI=1S/C8H14N4O/c1-9-8(13)10-4-3-7-5-11-12(2)6-7/h5-6H,3-4H2,1-2H3,(H2,9,10,13). The molecule has 2 N–H and O–H groups in total. The van der Waals surface area contributed by atoms with Crippen LogP contribution in [-0.4, -0.2) is 29.4 Å². The predicted molar refractivity (Wildman–Crippen MR) is 49.4 cm³/mol. The van der Waals surface area contributed by atoms with Crippen molar-refractivity contribution in [3.05, 3.63) is 18.0 Å². The van der Waals surface area contributed by atoms with Crippen LogP contribution in [0.2, 0.25) is 0 Å². The minimum atomic E-state index is -0.149. The molecule has 0 spiro atoms. The number of hydrogen-bond donors (Lipinski definition) is 2. The molecule has 0 aliphatic rings. The zero-order valence-electron chi connectivity index (χ0n) is 7.87. The number of hydrogen-bond acceptors (Lipinski definition) is 2. The summed E-state index contributed by atoms with van der Waals surface area (Å²) >= 11 is 0. The van der Waals surface area contributed by atoms with Crippen LogP contribution in [0.5, 0.6) is 0 Å². The van der Waals surface area contributed by atoms with Gasteiger partial charge in [0.2, 0.25) is 0 Å². The van der Waals surface area contributed by atoms with E-state index >= 15 is 0 Å². The van der Waals surface area contributed by atoms with Crippen LogP contribution in [-0.2, 0) is 13.5 Å².